The Bertz CT molecular complexity index is 826. The molecule has 0 aromatic heterocycles. The molecule has 34 heavy (non-hydrogen) atoms. The quantitative estimate of drug-likeness (QED) is 0.169. The van der Waals surface area contributed by atoms with Crippen LogP contribution in [-0.2, 0) is 4.74 Å². The molecular formula is C27H40F2INO3. The van der Waals surface area contributed by atoms with Crippen LogP contribution in [0.3, 0.4) is 0 Å². The van der Waals surface area contributed by atoms with Gasteiger partial charge in [-0.05, 0) is 87.8 Å². The van der Waals surface area contributed by atoms with Crippen molar-refractivity contribution in [2.24, 2.45) is 11.8 Å². The van der Waals surface area contributed by atoms with E-state index >= 15 is 0 Å². The second-order valence-electron chi connectivity index (χ2n) is 10.7. The van der Waals surface area contributed by atoms with E-state index in [-0.39, 0.29) is 5.57 Å². The van der Waals surface area contributed by atoms with Crippen LogP contribution in [0.5, 0.6) is 0 Å². The molecule has 2 N–H and O–H groups in total. The van der Waals surface area contributed by atoms with E-state index in [1.54, 1.807) is 6.08 Å². The molecule has 0 bridgehead atoms. The van der Waals surface area contributed by atoms with Crippen molar-refractivity contribution in [3.8, 4) is 0 Å². The number of ether oxygens (including phenoxy) is 1. The monoisotopic (exact) mass is 591 g/mol. The minimum atomic E-state index is -2.75. The molecule has 1 saturated heterocycles. The third-order valence-electron chi connectivity index (χ3n) is 8.78. The summed E-state index contributed by atoms with van der Waals surface area (Å²) in [5, 5.41) is 21.9. The minimum Gasteiger partial charge on any atom is -0.389 e. The van der Waals surface area contributed by atoms with Gasteiger partial charge in [-0.25, -0.2) is 0 Å². The van der Waals surface area contributed by atoms with Crippen LogP contribution in [0.25, 0.3) is 0 Å². The van der Waals surface area contributed by atoms with Crippen molar-refractivity contribution < 1.29 is 23.7 Å². The fourth-order valence-corrected chi connectivity index (χ4v) is 7.14. The first kappa shape index (κ1) is 26.7. The molecule has 4 rings (SSSR count). The van der Waals surface area contributed by atoms with E-state index in [1.807, 2.05) is 13.0 Å². The van der Waals surface area contributed by atoms with E-state index in [1.165, 1.54) is 28.2 Å². The van der Waals surface area contributed by atoms with Crippen molar-refractivity contribution in [2.45, 2.75) is 100.0 Å². The predicted octanol–water partition coefficient (Wildman–Crippen LogP) is 6.13. The minimum absolute atomic E-state index is 0.231. The lowest BCUT2D eigenvalue weighted by molar-refractivity contribution is -0.150. The summed E-state index contributed by atoms with van der Waals surface area (Å²) in [6.45, 7) is 6.93. The van der Waals surface area contributed by atoms with Gasteiger partial charge in [-0.3, -0.25) is 0 Å². The largest absolute Gasteiger partial charge is 0.389 e. The standard InChI is InChI=1S/C27H40F2INO3/c1-3-31-15-13-26(14-16-31)24(18(2)25(33)34-26)23(32)17-19-5-4-6-20(8-7-19)21-9-11-22(12-10-21)27(28,29)30/h9,11,19-20,23,25,32-33H,3-8,10,12-17H2,1-2H3/t19-,20?,23?,25?/m1/s1. The Morgan fingerprint density at radius 1 is 1.18 bits per heavy atom. The van der Waals surface area contributed by atoms with Crippen LogP contribution in [0.15, 0.2) is 34.4 Å². The Hall–Kier alpha value is -0.350. The zero-order valence-electron chi connectivity index (χ0n) is 20.5. The van der Waals surface area contributed by atoms with Crippen molar-refractivity contribution in [1.29, 1.82) is 0 Å². The van der Waals surface area contributed by atoms with Gasteiger partial charge < -0.3 is 19.8 Å². The summed E-state index contributed by atoms with van der Waals surface area (Å²) in [4.78, 5) is 2.39. The summed E-state index contributed by atoms with van der Waals surface area (Å²) in [6, 6.07) is 0. The molecule has 0 aromatic rings. The number of likely N-dealkylation sites (tertiary alicyclic amines) is 1. The first-order valence-corrected chi connectivity index (χ1v) is 14.1. The highest BCUT2D eigenvalue weighted by Gasteiger charge is 2.49. The van der Waals surface area contributed by atoms with Gasteiger partial charge in [0.25, 0.3) is 0 Å². The van der Waals surface area contributed by atoms with Crippen LogP contribution in [0.4, 0.5) is 8.78 Å². The van der Waals surface area contributed by atoms with Gasteiger partial charge in [0.2, 0.25) is 0 Å². The lowest BCUT2D eigenvalue weighted by Crippen LogP contribution is -2.48. The van der Waals surface area contributed by atoms with Gasteiger partial charge >= 0.3 is 3.93 Å². The molecule has 192 valence electrons. The molecule has 2 heterocycles. The summed E-state index contributed by atoms with van der Waals surface area (Å²) in [5.41, 5.74) is 2.75. The molecule has 1 saturated carbocycles. The zero-order valence-corrected chi connectivity index (χ0v) is 22.7. The summed E-state index contributed by atoms with van der Waals surface area (Å²) in [7, 11) is 0. The molecule has 7 heteroatoms. The van der Waals surface area contributed by atoms with Gasteiger partial charge in [0, 0.05) is 41.3 Å². The first-order valence-electron chi connectivity index (χ1n) is 13.1. The molecule has 0 amide bonds. The van der Waals surface area contributed by atoms with E-state index in [4.69, 9.17) is 4.74 Å². The molecule has 4 atom stereocenters. The smallest absolute Gasteiger partial charge is 0.318 e. The van der Waals surface area contributed by atoms with E-state index < -0.39 is 21.9 Å². The summed E-state index contributed by atoms with van der Waals surface area (Å²) in [6.07, 6.45) is 11.0. The molecule has 2 fully saturated rings. The lowest BCUT2D eigenvalue weighted by Gasteiger charge is -2.41. The van der Waals surface area contributed by atoms with Crippen LogP contribution in [0.1, 0.15) is 78.1 Å². The van der Waals surface area contributed by atoms with Gasteiger partial charge in [-0.2, -0.15) is 8.78 Å². The third kappa shape index (κ3) is 5.79. The molecule has 1 spiro atoms. The van der Waals surface area contributed by atoms with Crippen molar-refractivity contribution in [3.63, 3.8) is 0 Å². The Morgan fingerprint density at radius 3 is 2.53 bits per heavy atom. The topological polar surface area (TPSA) is 52.9 Å². The Labute approximate surface area is 216 Å². The zero-order chi connectivity index (χ0) is 24.5. The fraction of sp³-hybridized carbons (Fsp3) is 0.778. The highest BCUT2D eigenvalue weighted by atomic mass is 127. The lowest BCUT2D eigenvalue weighted by atomic mass is 9.77. The fourth-order valence-electron chi connectivity index (χ4n) is 6.69. The molecule has 0 radical (unpaired) electrons. The maximum Gasteiger partial charge on any atom is 0.318 e. The normalized spacial score (nSPS) is 31.9. The first-order chi connectivity index (χ1) is 16.1. The van der Waals surface area contributed by atoms with Crippen molar-refractivity contribution in [3.05, 3.63) is 34.4 Å². The number of alkyl halides is 3. The van der Waals surface area contributed by atoms with Gasteiger partial charge in [0.1, 0.15) is 0 Å². The predicted molar refractivity (Wildman–Crippen MR) is 139 cm³/mol. The van der Waals surface area contributed by atoms with Crippen LogP contribution < -0.4 is 0 Å². The SMILES string of the molecule is CCN1CCC2(CC1)OC(O)C(C)=C2C(O)C[C@@H]1CCCC(C2=CC=C(C(F)(F)I)CC2)CC1. The van der Waals surface area contributed by atoms with Gasteiger partial charge in [0.05, 0.1) is 11.7 Å². The Kier molecular flexibility index (Phi) is 8.60. The summed E-state index contributed by atoms with van der Waals surface area (Å²) >= 11 is 1.23. The van der Waals surface area contributed by atoms with Crippen LogP contribution in [-0.4, -0.2) is 56.7 Å². The van der Waals surface area contributed by atoms with E-state index in [0.717, 1.165) is 82.1 Å². The van der Waals surface area contributed by atoms with Crippen LogP contribution in [0.2, 0.25) is 0 Å². The molecular weight excluding hydrogens is 551 g/mol. The van der Waals surface area contributed by atoms with Crippen molar-refractivity contribution in [2.75, 3.05) is 19.6 Å². The van der Waals surface area contributed by atoms with Crippen LogP contribution >= 0.6 is 22.6 Å². The maximum atomic E-state index is 13.6. The second kappa shape index (κ2) is 11.0. The average molecular weight is 592 g/mol. The van der Waals surface area contributed by atoms with Crippen LogP contribution in [0, 0.1) is 11.8 Å². The number of hydrogen-bond acceptors (Lipinski definition) is 4. The molecule has 0 aromatic carbocycles. The second-order valence-corrected chi connectivity index (χ2v) is 12.1. The molecule has 4 nitrogen and oxygen atoms in total. The highest BCUT2D eigenvalue weighted by molar-refractivity contribution is 14.1. The number of allylic oxidation sites excluding steroid dienone is 4. The third-order valence-corrected chi connectivity index (χ3v) is 9.48. The number of halogens is 3. The average Bonchev–Trinajstić information content (AvgIpc) is 2.94. The number of piperidine rings is 1. The Morgan fingerprint density at radius 2 is 1.91 bits per heavy atom. The highest BCUT2D eigenvalue weighted by Crippen LogP contribution is 2.46. The molecule has 4 aliphatic rings. The molecule has 2 aliphatic heterocycles. The number of nitrogens with zero attached hydrogens (tertiary/aromatic N) is 1. The Balaban J connectivity index is 1.38. The number of aliphatic hydroxyl groups excluding tert-OH is 2. The van der Waals surface area contributed by atoms with E-state index in [0.29, 0.717) is 24.7 Å². The van der Waals surface area contributed by atoms with E-state index in [2.05, 4.69) is 11.8 Å². The summed E-state index contributed by atoms with van der Waals surface area (Å²) in [5.74, 6) is 0.893. The van der Waals surface area contributed by atoms with Crippen molar-refractivity contribution >= 4 is 22.6 Å². The number of rotatable bonds is 6. The van der Waals surface area contributed by atoms with Crippen molar-refractivity contribution in [1.82, 2.24) is 4.90 Å². The summed E-state index contributed by atoms with van der Waals surface area (Å²) < 4.78 is 30.5. The maximum absolute atomic E-state index is 13.6. The number of hydrogen-bond donors (Lipinski definition) is 2. The van der Waals surface area contributed by atoms with Gasteiger partial charge in [-0.1, -0.05) is 37.5 Å². The molecule has 3 unspecified atom stereocenters. The van der Waals surface area contributed by atoms with Gasteiger partial charge in [-0.15, -0.1) is 0 Å². The molecule has 2 aliphatic carbocycles. The van der Waals surface area contributed by atoms with Gasteiger partial charge in [0.15, 0.2) is 6.29 Å². The number of aliphatic hydroxyl groups is 2. The van der Waals surface area contributed by atoms with E-state index in [9.17, 15) is 19.0 Å².